The van der Waals surface area contributed by atoms with Crippen molar-refractivity contribution >= 4 is 0 Å². The number of hydrogen-bond donors (Lipinski definition) is 1. The third kappa shape index (κ3) is 1.54. The molecule has 0 aliphatic heterocycles. The molecule has 1 N–H and O–H groups in total. The average molecular weight is 189 g/mol. The summed E-state index contributed by atoms with van der Waals surface area (Å²) in [6, 6.07) is 7.90. The zero-order chi connectivity index (χ0) is 9.97. The minimum absolute atomic E-state index is 0.0974. The Morgan fingerprint density at radius 3 is 3.00 bits per heavy atom. The Balaban J connectivity index is 2.49. The summed E-state index contributed by atoms with van der Waals surface area (Å²) in [5, 5.41) is 9.02. The van der Waals surface area contributed by atoms with Crippen molar-refractivity contribution < 1.29 is 9.52 Å². The molecule has 3 nitrogen and oxygen atoms in total. The first-order valence-corrected chi connectivity index (χ1v) is 4.41. The zero-order valence-corrected chi connectivity index (χ0v) is 7.90. The standard InChI is InChI=1S/C11H11NO2/c1-8-3-2-4-9(5-8)11-10(6-13)12-7-14-11/h2-5,7,13H,6H2,1H3. The van der Waals surface area contributed by atoms with Gasteiger partial charge in [0.15, 0.2) is 12.2 Å². The molecule has 1 aromatic carbocycles. The molecule has 14 heavy (non-hydrogen) atoms. The summed E-state index contributed by atoms with van der Waals surface area (Å²) < 4.78 is 5.23. The molecule has 0 radical (unpaired) electrons. The van der Waals surface area contributed by atoms with Crippen LogP contribution in [0.25, 0.3) is 11.3 Å². The smallest absolute Gasteiger partial charge is 0.181 e. The van der Waals surface area contributed by atoms with E-state index >= 15 is 0 Å². The molecule has 2 aromatic rings. The van der Waals surface area contributed by atoms with E-state index in [0.717, 1.165) is 11.1 Å². The second-order valence-corrected chi connectivity index (χ2v) is 3.16. The lowest BCUT2D eigenvalue weighted by Gasteiger charge is -1.99. The molecule has 0 bridgehead atoms. The lowest BCUT2D eigenvalue weighted by molar-refractivity contribution is 0.277. The first-order chi connectivity index (χ1) is 6.81. The molecule has 0 aliphatic rings. The maximum absolute atomic E-state index is 9.02. The van der Waals surface area contributed by atoms with Gasteiger partial charge < -0.3 is 9.52 Å². The number of aryl methyl sites for hydroxylation is 1. The summed E-state index contributed by atoms with van der Waals surface area (Å²) in [5.41, 5.74) is 2.69. The van der Waals surface area contributed by atoms with Gasteiger partial charge in [-0.3, -0.25) is 0 Å². The van der Waals surface area contributed by atoms with E-state index in [9.17, 15) is 0 Å². The van der Waals surface area contributed by atoms with E-state index in [1.807, 2.05) is 31.2 Å². The second kappa shape index (κ2) is 3.64. The quantitative estimate of drug-likeness (QED) is 0.787. The summed E-state index contributed by atoms with van der Waals surface area (Å²) in [6.45, 7) is 1.91. The van der Waals surface area contributed by atoms with Crippen molar-refractivity contribution in [2.45, 2.75) is 13.5 Å². The lowest BCUT2D eigenvalue weighted by atomic mass is 10.1. The van der Waals surface area contributed by atoms with Gasteiger partial charge in [-0.05, 0) is 13.0 Å². The largest absolute Gasteiger partial charge is 0.443 e. The zero-order valence-electron chi connectivity index (χ0n) is 7.90. The normalized spacial score (nSPS) is 10.4. The van der Waals surface area contributed by atoms with Crippen molar-refractivity contribution in [1.29, 1.82) is 0 Å². The molecule has 0 unspecified atom stereocenters. The van der Waals surface area contributed by atoms with E-state index in [0.29, 0.717) is 11.5 Å². The summed E-state index contributed by atoms with van der Waals surface area (Å²) in [5.74, 6) is 0.649. The van der Waals surface area contributed by atoms with Crippen LogP contribution in [0.5, 0.6) is 0 Å². The van der Waals surface area contributed by atoms with E-state index in [-0.39, 0.29) is 6.61 Å². The number of aliphatic hydroxyl groups is 1. The first-order valence-electron chi connectivity index (χ1n) is 4.41. The topological polar surface area (TPSA) is 46.3 Å². The molecule has 1 heterocycles. The van der Waals surface area contributed by atoms with Gasteiger partial charge in [-0.15, -0.1) is 0 Å². The van der Waals surface area contributed by atoms with Crippen LogP contribution in [0.1, 0.15) is 11.3 Å². The monoisotopic (exact) mass is 189 g/mol. The first kappa shape index (κ1) is 8.97. The molecule has 0 amide bonds. The van der Waals surface area contributed by atoms with E-state index in [2.05, 4.69) is 4.98 Å². The van der Waals surface area contributed by atoms with E-state index in [4.69, 9.17) is 9.52 Å². The predicted molar refractivity (Wildman–Crippen MR) is 52.6 cm³/mol. The van der Waals surface area contributed by atoms with Crippen molar-refractivity contribution in [3.63, 3.8) is 0 Å². The maximum atomic E-state index is 9.02. The molecular formula is C11H11NO2. The number of aromatic nitrogens is 1. The highest BCUT2D eigenvalue weighted by atomic mass is 16.3. The number of hydrogen-bond acceptors (Lipinski definition) is 3. The van der Waals surface area contributed by atoms with Crippen LogP contribution >= 0.6 is 0 Å². The number of oxazole rings is 1. The van der Waals surface area contributed by atoms with Crippen molar-refractivity contribution in [2.75, 3.05) is 0 Å². The van der Waals surface area contributed by atoms with Gasteiger partial charge in [0.2, 0.25) is 0 Å². The predicted octanol–water partition coefficient (Wildman–Crippen LogP) is 2.14. The van der Waals surface area contributed by atoms with Crippen LogP contribution in [-0.4, -0.2) is 10.1 Å². The minimum atomic E-state index is -0.0974. The summed E-state index contributed by atoms with van der Waals surface area (Å²) in [6.07, 6.45) is 1.35. The Labute approximate surface area is 82.0 Å². The highest BCUT2D eigenvalue weighted by Crippen LogP contribution is 2.23. The van der Waals surface area contributed by atoms with Crippen molar-refractivity contribution in [1.82, 2.24) is 4.98 Å². The Kier molecular flexibility index (Phi) is 2.33. The van der Waals surface area contributed by atoms with E-state index in [1.54, 1.807) is 0 Å². The maximum Gasteiger partial charge on any atom is 0.181 e. The third-order valence-corrected chi connectivity index (χ3v) is 2.07. The molecule has 0 atom stereocenters. The molecule has 0 saturated heterocycles. The van der Waals surface area contributed by atoms with Crippen LogP contribution in [0.3, 0.4) is 0 Å². The number of nitrogens with zero attached hydrogens (tertiary/aromatic N) is 1. The molecule has 0 saturated carbocycles. The minimum Gasteiger partial charge on any atom is -0.443 e. The van der Waals surface area contributed by atoms with Crippen molar-refractivity contribution in [2.24, 2.45) is 0 Å². The fraction of sp³-hybridized carbons (Fsp3) is 0.182. The highest BCUT2D eigenvalue weighted by molar-refractivity contribution is 5.60. The second-order valence-electron chi connectivity index (χ2n) is 3.16. The molecular weight excluding hydrogens is 178 g/mol. The van der Waals surface area contributed by atoms with Gasteiger partial charge in [0.25, 0.3) is 0 Å². The van der Waals surface area contributed by atoms with Gasteiger partial charge in [-0.25, -0.2) is 4.98 Å². The van der Waals surface area contributed by atoms with Crippen LogP contribution in [0.15, 0.2) is 35.1 Å². The van der Waals surface area contributed by atoms with E-state index < -0.39 is 0 Å². The molecule has 0 spiro atoms. The van der Waals surface area contributed by atoms with Gasteiger partial charge in [-0.1, -0.05) is 23.8 Å². The van der Waals surface area contributed by atoms with Crippen molar-refractivity contribution in [3.05, 3.63) is 41.9 Å². The summed E-state index contributed by atoms with van der Waals surface area (Å²) in [7, 11) is 0. The average Bonchev–Trinajstić information content (AvgIpc) is 2.65. The highest BCUT2D eigenvalue weighted by Gasteiger charge is 2.08. The summed E-state index contributed by atoms with van der Waals surface area (Å²) >= 11 is 0. The molecule has 1 aromatic heterocycles. The molecule has 2 rings (SSSR count). The Morgan fingerprint density at radius 1 is 1.43 bits per heavy atom. The Hall–Kier alpha value is -1.61. The SMILES string of the molecule is Cc1cccc(-c2ocnc2CO)c1. The van der Waals surface area contributed by atoms with Gasteiger partial charge in [-0.2, -0.15) is 0 Å². The Bertz CT molecular complexity index is 434. The fourth-order valence-electron chi connectivity index (χ4n) is 1.40. The molecule has 0 aliphatic carbocycles. The van der Waals surface area contributed by atoms with Gasteiger partial charge in [0.05, 0.1) is 6.61 Å². The van der Waals surface area contributed by atoms with E-state index in [1.165, 1.54) is 6.39 Å². The van der Waals surface area contributed by atoms with Crippen LogP contribution in [-0.2, 0) is 6.61 Å². The molecule has 72 valence electrons. The Morgan fingerprint density at radius 2 is 2.29 bits per heavy atom. The molecule has 3 heteroatoms. The molecule has 0 fully saturated rings. The lowest BCUT2D eigenvalue weighted by Crippen LogP contribution is -1.86. The summed E-state index contributed by atoms with van der Waals surface area (Å²) in [4.78, 5) is 3.92. The van der Waals surface area contributed by atoms with Crippen LogP contribution in [0.4, 0.5) is 0 Å². The number of rotatable bonds is 2. The van der Waals surface area contributed by atoms with Gasteiger partial charge in [0.1, 0.15) is 5.69 Å². The van der Waals surface area contributed by atoms with Crippen LogP contribution < -0.4 is 0 Å². The number of benzene rings is 1. The third-order valence-electron chi connectivity index (χ3n) is 2.07. The van der Waals surface area contributed by atoms with Gasteiger partial charge >= 0.3 is 0 Å². The number of aliphatic hydroxyl groups excluding tert-OH is 1. The van der Waals surface area contributed by atoms with Crippen molar-refractivity contribution in [3.8, 4) is 11.3 Å². The fourth-order valence-corrected chi connectivity index (χ4v) is 1.40. The van der Waals surface area contributed by atoms with Crippen LogP contribution in [0.2, 0.25) is 0 Å². The van der Waals surface area contributed by atoms with Gasteiger partial charge in [0, 0.05) is 5.56 Å². The van der Waals surface area contributed by atoms with Crippen LogP contribution in [0, 0.1) is 6.92 Å².